The first-order chi connectivity index (χ1) is 14.3. The normalized spacial score (nSPS) is 12.7. The number of nitro groups is 1. The molecule has 0 aliphatic heterocycles. The molecule has 0 radical (unpaired) electrons. The number of aromatic nitrogens is 1. The molecule has 1 aromatic heterocycles. The van der Waals surface area contributed by atoms with E-state index in [1.165, 1.54) is 24.3 Å². The number of hydrogen-bond donors (Lipinski definition) is 2. The average Bonchev–Trinajstić information content (AvgIpc) is 3.16. The summed E-state index contributed by atoms with van der Waals surface area (Å²) in [4.78, 5) is 13.5. The lowest BCUT2D eigenvalue weighted by atomic mass is 9.98. The molecule has 0 spiro atoms. The molecule has 30 heavy (non-hydrogen) atoms. The van der Waals surface area contributed by atoms with Gasteiger partial charge in [0.1, 0.15) is 0 Å². The molecule has 0 amide bonds. The van der Waals surface area contributed by atoms with Crippen molar-refractivity contribution in [1.29, 1.82) is 0 Å². The molecule has 4 aromatic rings. The summed E-state index contributed by atoms with van der Waals surface area (Å²) >= 11 is 0. The molecule has 0 saturated carbocycles. The first-order valence-electron chi connectivity index (χ1n) is 9.24. The fourth-order valence-corrected chi connectivity index (χ4v) is 4.67. The molecule has 3 aromatic carbocycles. The highest BCUT2D eigenvalue weighted by Gasteiger charge is 2.25. The van der Waals surface area contributed by atoms with Gasteiger partial charge in [-0.1, -0.05) is 48.0 Å². The predicted molar refractivity (Wildman–Crippen MR) is 115 cm³/mol. The number of benzene rings is 3. The lowest BCUT2D eigenvalue weighted by molar-refractivity contribution is -0.384. The van der Waals surface area contributed by atoms with E-state index in [0.717, 1.165) is 27.6 Å². The van der Waals surface area contributed by atoms with Crippen LogP contribution in [0.1, 0.15) is 22.7 Å². The first-order valence-corrected chi connectivity index (χ1v) is 10.7. The summed E-state index contributed by atoms with van der Waals surface area (Å²) in [5, 5.41) is 11.8. The maximum atomic E-state index is 13.1. The standard InChI is InChI=1S/C22H19N3O4S/c1-15-5-4-6-16(13-15)22(20-14-23-21-8-3-2-7-19(20)21)24-30(28,29)18-11-9-17(10-12-18)25(26)27/h2-14,22-24H,1H3/t22-/m1/s1. The van der Waals surface area contributed by atoms with Crippen LogP contribution in [0.25, 0.3) is 10.9 Å². The van der Waals surface area contributed by atoms with E-state index in [2.05, 4.69) is 9.71 Å². The van der Waals surface area contributed by atoms with Gasteiger partial charge in [0, 0.05) is 29.2 Å². The number of non-ortho nitro benzene ring substituents is 1. The summed E-state index contributed by atoms with van der Waals surface area (Å²) in [5.41, 5.74) is 3.33. The van der Waals surface area contributed by atoms with Gasteiger partial charge >= 0.3 is 0 Å². The molecular weight excluding hydrogens is 402 g/mol. The van der Waals surface area contributed by atoms with Gasteiger partial charge < -0.3 is 4.98 Å². The lowest BCUT2D eigenvalue weighted by Gasteiger charge is -2.20. The number of nitro benzene ring substituents is 1. The number of nitrogens with zero attached hydrogens (tertiary/aromatic N) is 1. The minimum atomic E-state index is -3.94. The molecule has 7 nitrogen and oxygen atoms in total. The molecule has 0 saturated heterocycles. The van der Waals surface area contributed by atoms with Crippen molar-refractivity contribution in [2.45, 2.75) is 17.9 Å². The Morgan fingerprint density at radius 2 is 1.73 bits per heavy atom. The number of H-pyrrole nitrogens is 1. The van der Waals surface area contributed by atoms with Crippen LogP contribution < -0.4 is 4.72 Å². The maximum absolute atomic E-state index is 13.1. The molecule has 4 rings (SSSR count). The average molecular weight is 421 g/mol. The van der Waals surface area contributed by atoms with E-state index in [-0.39, 0.29) is 10.6 Å². The van der Waals surface area contributed by atoms with Crippen LogP contribution in [0.2, 0.25) is 0 Å². The molecule has 1 atom stereocenters. The molecule has 0 bridgehead atoms. The van der Waals surface area contributed by atoms with Crippen LogP contribution in [-0.2, 0) is 10.0 Å². The third-order valence-corrected chi connectivity index (χ3v) is 6.38. The van der Waals surface area contributed by atoms with Crippen molar-refractivity contribution >= 4 is 26.6 Å². The Morgan fingerprint density at radius 3 is 2.43 bits per heavy atom. The summed E-state index contributed by atoms with van der Waals surface area (Å²) in [6.45, 7) is 1.95. The van der Waals surface area contributed by atoms with Gasteiger partial charge in [-0.2, -0.15) is 4.72 Å². The maximum Gasteiger partial charge on any atom is 0.269 e. The SMILES string of the molecule is Cc1cccc([C@@H](NS(=O)(=O)c2ccc([N+](=O)[O-])cc2)c2c[nH]c3ccccc23)c1. The molecule has 0 aliphatic carbocycles. The van der Waals surface area contributed by atoms with E-state index in [4.69, 9.17) is 0 Å². The molecule has 0 fully saturated rings. The minimum Gasteiger partial charge on any atom is -0.361 e. The van der Waals surface area contributed by atoms with Gasteiger partial charge in [0.05, 0.1) is 15.9 Å². The Hall–Kier alpha value is -3.49. The van der Waals surface area contributed by atoms with E-state index in [1.54, 1.807) is 6.20 Å². The van der Waals surface area contributed by atoms with Crippen LogP contribution in [0.3, 0.4) is 0 Å². The van der Waals surface area contributed by atoms with Crippen molar-refractivity contribution in [2.24, 2.45) is 0 Å². The Balaban J connectivity index is 1.79. The van der Waals surface area contributed by atoms with Gasteiger partial charge in [0.2, 0.25) is 10.0 Å². The highest BCUT2D eigenvalue weighted by Crippen LogP contribution is 2.31. The van der Waals surface area contributed by atoms with E-state index in [9.17, 15) is 18.5 Å². The summed E-state index contributed by atoms with van der Waals surface area (Å²) in [7, 11) is -3.94. The molecule has 0 unspecified atom stereocenters. The summed E-state index contributed by atoms with van der Waals surface area (Å²) in [6, 6.07) is 19.5. The molecule has 152 valence electrons. The van der Waals surface area contributed by atoms with E-state index >= 15 is 0 Å². The van der Waals surface area contributed by atoms with Crippen molar-refractivity contribution in [1.82, 2.24) is 9.71 Å². The molecule has 1 heterocycles. The summed E-state index contributed by atoms with van der Waals surface area (Å²) in [6.07, 6.45) is 1.80. The van der Waals surface area contributed by atoms with Gasteiger partial charge in [0.15, 0.2) is 0 Å². The number of fused-ring (bicyclic) bond motifs is 1. The topological polar surface area (TPSA) is 105 Å². The van der Waals surface area contributed by atoms with Crippen molar-refractivity contribution in [3.63, 3.8) is 0 Å². The van der Waals surface area contributed by atoms with Crippen molar-refractivity contribution < 1.29 is 13.3 Å². The van der Waals surface area contributed by atoms with Gasteiger partial charge in [-0.05, 0) is 36.2 Å². The highest BCUT2D eigenvalue weighted by atomic mass is 32.2. The van der Waals surface area contributed by atoms with Crippen LogP contribution in [-0.4, -0.2) is 18.3 Å². The van der Waals surface area contributed by atoms with Crippen LogP contribution >= 0.6 is 0 Å². The van der Waals surface area contributed by atoms with Gasteiger partial charge in [-0.3, -0.25) is 10.1 Å². The Kier molecular flexibility index (Phi) is 5.11. The Labute approximate surface area is 173 Å². The zero-order valence-electron chi connectivity index (χ0n) is 16.1. The number of sulfonamides is 1. The predicted octanol–water partition coefficient (Wildman–Crippen LogP) is 4.45. The second-order valence-electron chi connectivity index (χ2n) is 7.01. The third kappa shape index (κ3) is 3.83. The number of aromatic amines is 1. The van der Waals surface area contributed by atoms with Crippen molar-refractivity contribution in [3.8, 4) is 0 Å². The second-order valence-corrected chi connectivity index (χ2v) is 8.72. The van der Waals surface area contributed by atoms with E-state index in [1.807, 2.05) is 55.5 Å². The first kappa shape index (κ1) is 19.8. The third-order valence-electron chi connectivity index (χ3n) is 4.94. The van der Waals surface area contributed by atoms with Crippen molar-refractivity contribution in [2.75, 3.05) is 0 Å². The number of hydrogen-bond acceptors (Lipinski definition) is 4. The monoisotopic (exact) mass is 421 g/mol. The second kappa shape index (κ2) is 7.74. The number of nitrogens with one attached hydrogen (secondary N) is 2. The van der Waals surface area contributed by atoms with Crippen LogP contribution in [0.5, 0.6) is 0 Å². The molecular formula is C22H19N3O4S. The fraction of sp³-hybridized carbons (Fsp3) is 0.0909. The Morgan fingerprint density at radius 1 is 1.00 bits per heavy atom. The van der Waals surface area contributed by atoms with E-state index in [0.29, 0.717) is 0 Å². The van der Waals surface area contributed by atoms with Crippen LogP contribution in [0.15, 0.2) is 83.9 Å². The summed E-state index contributed by atoms with van der Waals surface area (Å²) in [5.74, 6) is 0. The zero-order valence-corrected chi connectivity index (χ0v) is 16.9. The molecule has 0 aliphatic rings. The van der Waals surface area contributed by atoms with Crippen molar-refractivity contribution in [3.05, 3.63) is 106 Å². The fourth-order valence-electron chi connectivity index (χ4n) is 3.46. The smallest absolute Gasteiger partial charge is 0.269 e. The number of rotatable bonds is 6. The van der Waals surface area contributed by atoms with E-state index < -0.39 is 21.0 Å². The van der Waals surface area contributed by atoms with Gasteiger partial charge in [-0.15, -0.1) is 0 Å². The van der Waals surface area contributed by atoms with Gasteiger partial charge in [0.25, 0.3) is 5.69 Å². The lowest BCUT2D eigenvalue weighted by Crippen LogP contribution is -2.29. The largest absolute Gasteiger partial charge is 0.361 e. The highest BCUT2D eigenvalue weighted by molar-refractivity contribution is 7.89. The minimum absolute atomic E-state index is 0.0365. The zero-order chi connectivity index (χ0) is 21.3. The Bertz CT molecular complexity index is 1330. The molecule has 2 N–H and O–H groups in total. The number of aryl methyl sites for hydroxylation is 1. The number of para-hydroxylation sites is 1. The van der Waals surface area contributed by atoms with Gasteiger partial charge in [-0.25, -0.2) is 8.42 Å². The summed E-state index contributed by atoms with van der Waals surface area (Å²) < 4.78 is 29.0. The molecule has 8 heteroatoms. The quantitative estimate of drug-likeness (QED) is 0.354. The van der Waals surface area contributed by atoms with Crippen LogP contribution in [0.4, 0.5) is 5.69 Å². The van der Waals surface area contributed by atoms with Crippen LogP contribution in [0, 0.1) is 17.0 Å².